The lowest BCUT2D eigenvalue weighted by atomic mass is 9.92. The predicted molar refractivity (Wildman–Crippen MR) is 133 cm³/mol. The zero-order valence-corrected chi connectivity index (χ0v) is 21.2. The molecule has 0 radical (unpaired) electrons. The van der Waals surface area contributed by atoms with Gasteiger partial charge in [-0.2, -0.15) is 0 Å². The van der Waals surface area contributed by atoms with E-state index >= 15 is 0 Å². The smallest absolute Gasteiger partial charge is 0.250 e. The molecular weight excluding hydrogens is 464 g/mol. The molecule has 4 rings (SSSR count). The minimum atomic E-state index is -0.715. The fourth-order valence-corrected chi connectivity index (χ4v) is 5.67. The number of hydrogen-bond donors (Lipinski definition) is 3. The molecular formula is C24H38N8O4. The maximum atomic E-state index is 13.5. The van der Waals surface area contributed by atoms with Gasteiger partial charge in [-0.1, -0.05) is 25.7 Å². The Morgan fingerprint density at radius 3 is 2.78 bits per heavy atom. The van der Waals surface area contributed by atoms with Crippen LogP contribution in [-0.4, -0.2) is 100 Å². The number of rotatable bonds is 9. The summed E-state index contributed by atoms with van der Waals surface area (Å²) in [5.74, 6) is 0.321. The summed E-state index contributed by atoms with van der Waals surface area (Å²) in [4.78, 5) is 50.8. The summed E-state index contributed by atoms with van der Waals surface area (Å²) >= 11 is 0. The Morgan fingerprint density at radius 1 is 1.28 bits per heavy atom. The van der Waals surface area contributed by atoms with Crippen molar-refractivity contribution >= 4 is 29.9 Å². The number of anilines is 2. The van der Waals surface area contributed by atoms with Crippen molar-refractivity contribution in [3.05, 3.63) is 12.4 Å². The van der Waals surface area contributed by atoms with E-state index in [9.17, 15) is 19.6 Å². The monoisotopic (exact) mass is 502 g/mol. The van der Waals surface area contributed by atoms with Crippen LogP contribution in [0.3, 0.4) is 0 Å². The first-order chi connectivity index (χ1) is 17.4. The number of amides is 3. The van der Waals surface area contributed by atoms with E-state index in [1.807, 2.05) is 0 Å². The summed E-state index contributed by atoms with van der Waals surface area (Å²) in [6, 6.07) is 1.33. The predicted octanol–water partition coefficient (Wildman–Crippen LogP) is 0.705. The van der Waals surface area contributed by atoms with Crippen molar-refractivity contribution in [2.24, 2.45) is 11.8 Å². The Bertz CT molecular complexity index is 927. The number of carbonyl (C=O) groups excluding carboxylic acids is 3. The number of carbonyl (C=O) groups is 3. The molecule has 3 amide bonds. The Hall–Kier alpha value is -2.83. The van der Waals surface area contributed by atoms with Gasteiger partial charge in [0.2, 0.25) is 18.2 Å². The van der Waals surface area contributed by atoms with E-state index in [0.717, 1.165) is 51.1 Å². The van der Waals surface area contributed by atoms with Crippen LogP contribution in [0.15, 0.2) is 12.4 Å². The summed E-state index contributed by atoms with van der Waals surface area (Å²) in [5, 5.41) is 14.6. The summed E-state index contributed by atoms with van der Waals surface area (Å²) in [6.45, 7) is 5.21. The first kappa shape index (κ1) is 26.2. The van der Waals surface area contributed by atoms with Crippen molar-refractivity contribution in [3.63, 3.8) is 0 Å². The van der Waals surface area contributed by atoms with Crippen LogP contribution in [0.1, 0.15) is 45.4 Å². The average molecular weight is 503 g/mol. The fourth-order valence-electron chi connectivity index (χ4n) is 5.67. The van der Waals surface area contributed by atoms with Gasteiger partial charge >= 0.3 is 0 Å². The van der Waals surface area contributed by atoms with E-state index in [1.54, 1.807) is 6.07 Å². The fraction of sp³-hybridized carbons (Fsp3) is 0.708. The number of likely N-dealkylation sites (N-methyl/N-ethyl adjacent to an activating group) is 1. The van der Waals surface area contributed by atoms with Crippen LogP contribution in [-0.2, 0) is 14.4 Å². The van der Waals surface area contributed by atoms with E-state index in [4.69, 9.17) is 0 Å². The number of nitrogens with one attached hydrogen (secondary N) is 2. The van der Waals surface area contributed by atoms with Gasteiger partial charge in [-0.25, -0.2) is 20.5 Å². The van der Waals surface area contributed by atoms with Crippen LogP contribution >= 0.6 is 0 Å². The summed E-state index contributed by atoms with van der Waals surface area (Å²) in [6.07, 6.45) is 7.12. The van der Waals surface area contributed by atoms with Crippen molar-refractivity contribution < 1.29 is 19.6 Å². The van der Waals surface area contributed by atoms with Crippen LogP contribution in [0.2, 0.25) is 0 Å². The van der Waals surface area contributed by atoms with Gasteiger partial charge in [0, 0.05) is 38.3 Å². The second-order valence-corrected chi connectivity index (χ2v) is 10.3. The Labute approximate surface area is 211 Å². The average Bonchev–Trinajstić information content (AvgIpc) is 3.55. The van der Waals surface area contributed by atoms with Gasteiger partial charge in [-0.15, -0.1) is 0 Å². The maximum absolute atomic E-state index is 13.5. The molecule has 0 aromatic carbocycles. The molecule has 3 atom stereocenters. The van der Waals surface area contributed by atoms with Gasteiger partial charge < -0.3 is 15.1 Å². The summed E-state index contributed by atoms with van der Waals surface area (Å²) < 4.78 is 0. The second kappa shape index (κ2) is 11.9. The third-order valence-corrected chi connectivity index (χ3v) is 7.55. The number of hydroxylamine groups is 2. The number of hydrazine groups is 1. The zero-order chi connectivity index (χ0) is 25.7. The molecule has 1 aliphatic carbocycles. The first-order valence-corrected chi connectivity index (χ1v) is 12.9. The molecule has 36 heavy (non-hydrogen) atoms. The van der Waals surface area contributed by atoms with Crippen LogP contribution in [0.25, 0.3) is 0 Å². The Kier molecular flexibility index (Phi) is 8.70. The van der Waals surface area contributed by atoms with Gasteiger partial charge in [0.15, 0.2) is 0 Å². The highest BCUT2D eigenvalue weighted by molar-refractivity contribution is 5.97. The molecule has 1 aromatic heterocycles. The highest BCUT2D eigenvalue weighted by atomic mass is 16.5. The largest absolute Gasteiger partial charge is 0.351 e. The normalized spacial score (nSPS) is 24.1. The van der Waals surface area contributed by atoms with Crippen LogP contribution < -0.4 is 15.6 Å². The molecule has 3 N–H and O–H groups in total. The maximum Gasteiger partial charge on any atom is 0.250 e. The van der Waals surface area contributed by atoms with Crippen LogP contribution in [0.4, 0.5) is 11.6 Å². The molecule has 3 aliphatic rings. The number of piperazine rings is 1. The van der Waals surface area contributed by atoms with Gasteiger partial charge in [0.25, 0.3) is 0 Å². The van der Waals surface area contributed by atoms with Crippen LogP contribution in [0.5, 0.6) is 0 Å². The van der Waals surface area contributed by atoms with Gasteiger partial charge in [0.1, 0.15) is 24.0 Å². The Morgan fingerprint density at radius 2 is 2.06 bits per heavy atom. The minimum absolute atomic E-state index is 0.0934. The minimum Gasteiger partial charge on any atom is -0.351 e. The molecule has 3 fully saturated rings. The van der Waals surface area contributed by atoms with Gasteiger partial charge in [-0.3, -0.25) is 24.6 Å². The summed E-state index contributed by atoms with van der Waals surface area (Å²) in [7, 11) is 2.09. The molecule has 0 unspecified atom stereocenters. The molecule has 12 heteroatoms. The van der Waals surface area contributed by atoms with Crippen molar-refractivity contribution in [2.45, 2.75) is 57.5 Å². The SMILES string of the molecule is C[C@@H]1CN(C)CCN1c1cc(NC(=O)[C@@H]2CCNN2C(=O)[C@H](CC2CCCC2)CN(O)C=O)ncn1. The van der Waals surface area contributed by atoms with E-state index in [1.165, 1.54) is 11.3 Å². The molecule has 2 saturated heterocycles. The molecule has 1 aromatic rings. The number of hydrogen-bond acceptors (Lipinski definition) is 9. The lowest BCUT2D eigenvalue weighted by molar-refractivity contribution is -0.159. The van der Waals surface area contributed by atoms with Crippen molar-refractivity contribution in [1.82, 2.24) is 30.4 Å². The quantitative estimate of drug-likeness (QED) is 0.253. The van der Waals surface area contributed by atoms with E-state index in [2.05, 4.69) is 44.5 Å². The topological polar surface area (TPSA) is 134 Å². The third kappa shape index (κ3) is 6.29. The molecule has 0 bridgehead atoms. The highest BCUT2D eigenvalue weighted by Gasteiger charge is 2.39. The third-order valence-electron chi connectivity index (χ3n) is 7.55. The summed E-state index contributed by atoms with van der Waals surface area (Å²) in [5.41, 5.74) is 3.03. The second-order valence-electron chi connectivity index (χ2n) is 10.3. The first-order valence-electron chi connectivity index (χ1n) is 12.9. The molecule has 12 nitrogen and oxygen atoms in total. The number of aromatic nitrogens is 2. The van der Waals surface area contributed by atoms with Gasteiger partial charge in [-0.05, 0) is 32.7 Å². The molecule has 198 valence electrons. The van der Waals surface area contributed by atoms with Crippen molar-refractivity contribution in [3.8, 4) is 0 Å². The molecule has 1 saturated carbocycles. The molecule has 2 aliphatic heterocycles. The number of nitrogens with zero attached hydrogens (tertiary/aromatic N) is 6. The van der Waals surface area contributed by atoms with Crippen LogP contribution in [0, 0.1) is 11.8 Å². The standard InChI is InChI=1S/C24H38N8O4/c1-17-13-29(2)9-10-31(17)22-12-21(25-15-26-22)28-23(34)20-7-8-27-32(20)24(35)19(14-30(36)16-33)11-18-5-3-4-6-18/h12,15-20,27,36H,3-11,13-14H2,1-2H3,(H,25,26,28,34)/t17-,19-,20+/m1/s1. The van der Waals surface area contributed by atoms with Crippen molar-refractivity contribution in [1.29, 1.82) is 0 Å². The lowest BCUT2D eigenvalue weighted by Crippen LogP contribution is -2.52. The van der Waals surface area contributed by atoms with E-state index in [-0.39, 0.29) is 24.4 Å². The van der Waals surface area contributed by atoms with E-state index < -0.39 is 12.0 Å². The molecule has 0 spiro atoms. The zero-order valence-electron chi connectivity index (χ0n) is 21.2. The van der Waals surface area contributed by atoms with Gasteiger partial charge in [0.05, 0.1) is 12.5 Å². The highest BCUT2D eigenvalue weighted by Crippen LogP contribution is 2.32. The Balaban J connectivity index is 1.42. The van der Waals surface area contributed by atoms with E-state index in [0.29, 0.717) is 42.6 Å². The lowest BCUT2D eigenvalue weighted by Gasteiger charge is -2.39. The molecule has 3 heterocycles. The van der Waals surface area contributed by atoms with Crippen molar-refractivity contribution in [2.75, 3.05) is 50.0 Å².